The van der Waals surface area contributed by atoms with Crippen molar-refractivity contribution in [2.24, 2.45) is 39.7 Å². The predicted molar refractivity (Wildman–Crippen MR) is 146 cm³/mol. The minimum Gasteiger partial charge on any atom is -0.395 e. The molecule has 0 spiro atoms. The van der Waals surface area contributed by atoms with Crippen LogP contribution in [0.25, 0.3) is 0 Å². The number of nitrogens with one attached hydrogen (secondary N) is 1. The lowest BCUT2D eigenvalue weighted by Crippen LogP contribution is -2.63. The van der Waals surface area contributed by atoms with Gasteiger partial charge in [0.15, 0.2) is 5.79 Å². The van der Waals surface area contributed by atoms with E-state index in [1.54, 1.807) is 0 Å². The Bertz CT molecular complexity index is 819. The van der Waals surface area contributed by atoms with E-state index in [4.69, 9.17) is 9.57 Å². The van der Waals surface area contributed by atoms with Crippen LogP contribution in [0, 0.1) is 34.5 Å². The maximum atomic E-state index is 12.3. The molecule has 7 nitrogen and oxygen atoms in total. The number of aliphatic hydroxyl groups is 2. The maximum absolute atomic E-state index is 12.3. The standard InChI is InChI=1S/C30H53N3O4/c1-27-14-15-29(34,36-18-11-24-6-5-16-31-24)20-22(27)7-8-26-25(27)10-12-28(2)23(9-13-30(26,28)35)21-32-37-19-17-33(3)4/h21-26,31,34-35H,5-20H2,1-4H3/t22?,23?,24?,25-,26-,27+,28-,29?,30-/m1/s1. The SMILES string of the molecule is CN(C)CCON=CC1CC[C@@]2(O)[C@@H]3CCC4CC(O)(OCCC5CCCN5)CC[C@]4(C)[C@@H]3CC[C@]12C. The molecule has 4 aliphatic carbocycles. The molecule has 0 aromatic rings. The molecule has 5 aliphatic rings. The second kappa shape index (κ2) is 10.7. The van der Waals surface area contributed by atoms with Crippen molar-refractivity contribution in [3.63, 3.8) is 0 Å². The predicted octanol–water partition coefficient (Wildman–Crippen LogP) is 4.17. The summed E-state index contributed by atoms with van der Waals surface area (Å²) in [5.74, 6) is 0.609. The number of nitrogens with zero attached hydrogens (tertiary/aromatic N) is 2. The molecule has 0 aromatic heterocycles. The van der Waals surface area contributed by atoms with Gasteiger partial charge in [0.25, 0.3) is 0 Å². The molecule has 9 atom stereocenters. The highest BCUT2D eigenvalue weighted by atomic mass is 16.6. The normalized spacial score (nSPS) is 47.7. The van der Waals surface area contributed by atoms with Gasteiger partial charge in [-0.05, 0) is 108 Å². The number of rotatable bonds is 9. The van der Waals surface area contributed by atoms with Crippen molar-refractivity contribution in [3.05, 3.63) is 0 Å². The van der Waals surface area contributed by atoms with E-state index in [0.29, 0.717) is 37.0 Å². The first-order valence-corrected chi connectivity index (χ1v) is 15.2. The molecule has 1 aliphatic heterocycles. The molecule has 0 radical (unpaired) electrons. The van der Waals surface area contributed by atoms with Crippen LogP contribution in [0.15, 0.2) is 5.16 Å². The fourth-order valence-corrected chi connectivity index (χ4v) is 9.38. The Balaban J connectivity index is 1.21. The molecule has 4 saturated carbocycles. The monoisotopic (exact) mass is 519 g/mol. The van der Waals surface area contributed by atoms with E-state index < -0.39 is 11.4 Å². The summed E-state index contributed by atoms with van der Waals surface area (Å²) in [6.45, 7) is 7.98. The Morgan fingerprint density at radius 2 is 1.81 bits per heavy atom. The van der Waals surface area contributed by atoms with E-state index in [1.165, 1.54) is 12.8 Å². The molecule has 5 rings (SSSR count). The summed E-state index contributed by atoms with van der Waals surface area (Å²) in [6, 6.07) is 0.551. The summed E-state index contributed by atoms with van der Waals surface area (Å²) >= 11 is 0. The lowest BCUT2D eigenvalue weighted by molar-refractivity contribution is -0.269. The Kier molecular flexibility index (Phi) is 8.03. The summed E-state index contributed by atoms with van der Waals surface area (Å²) in [6.07, 6.45) is 14.1. The molecule has 0 bridgehead atoms. The van der Waals surface area contributed by atoms with Gasteiger partial charge in [0.2, 0.25) is 0 Å². The number of hydrogen-bond acceptors (Lipinski definition) is 7. The largest absolute Gasteiger partial charge is 0.395 e. The second-order valence-corrected chi connectivity index (χ2v) is 14.0. The number of hydrogen-bond donors (Lipinski definition) is 3. The zero-order valence-corrected chi connectivity index (χ0v) is 23.9. The van der Waals surface area contributed by atoms with Crippen molar-refractivity contribution in [1.82, 2.24) is 10.2 Å². The minimum atomic E-state index is -0.975. The van der Waals surface area contributed by atoms with E-state index >= 15 is 0 Å². The van der Waals surface area contributed by atoms with E-state index in [0.717, 1.165) is 77.3 Å². The van der Waals surface area contributed by atoms with Gasteiger partial charge in [0.05, 0.1) is 12.2 Å². The highest BCUT2D eigenvalue weighted by Crippen LogP contribution is 2.69. The maximum Gasteiger partial charge on any atom is 0.165 e. The molecule has 37 heavy (non-hydrogen) atoms. The highest BCUT2D eigenvalue weighted by Gasteiger charge is 2.67. The smallest absolute Gasteiger partial charge is 0.165 e. The third-order valence-corrected chi connectivity index (χ3v) is 11.9. The lowest BCUT2D eigenvalue weighted by Gasteiger charge is -2.64. The quantitative estimate of drug-likeness (QED) is 0.183. The molecule has 212 valence electrons. The number of likely N-dealkylation sites (N-methyl/N-ethyl adjacent to an activating group) is 1. The average molecular weight is 520 g/mol. The summed E-state index contributed by atoms with van der Waals surface area (Å²) in [5.41, 5.74) is -0.606. The fourth-order valence-electron chi connectivity index (χ4n) is 9.38. The third-order valence-electron chi connectivity index (χ3n) is 11.9. The zero-order chi connectivity index (χ0) is 26.3. The van der Waals surface area contributed by atoms with Gasteiger partial charge in [-0.2, -0.15) is 0 Å². The van der Waals surface area contributed by atoms with Crippen molar-refractivity contribution in [2.75, 3.05) is 40.4 Å². The molecule has 3 N–H and O–H groups in total. The van der Waals surface area contributed by atoms with Gasteiger partial charge in [0, 0.05) is 43.0 Å². The molecular formula is C30H53N3O4. The number of fused-ring (bicyclic) bond motifs is 5. The van der Waals surface area contributed by atoms with Crippen molar-refractivity contribution >= 4 is 6.21 Å². The van der Waals surface area contributed by atoms with Crippen LogP contribution in [0.1, 0.15) is 90.9 Å². The van der Waals surface area contributed by atoms with E-state index in [-0.39, 0.29) is 16.7 Å². The first-order valence-electron chi connectivity index (χ1n) is 15.2. The average Bonchev–Trinajstić information content (AvgIpc) is 3.46. The molecule has 0 amide bonds. The molecule has 1 heterocycles. The van der Waals surface area contributed by atoms with Crippen LogP contribution >= 0.6 is 0 Å². The second-order valence-electron chi connectivity index (χ2n) is 14.0. The Morgan fingerprint density at radius 1 is 0.973 bits per heavy atom. The molecule has 5 fully saturated rings. The summed E-state index contributed by atoms with van der Waals surface area (Å²) in [5, 5.41) is 31.6. The summed E-state index contributed by atoms with van der Waals surface area (Å²) in [7, 11) is 4.07. The molecule has 1 saturated heterocycles. The van der Waals surface area contributed by atoms with Crippen LogP contribution < -0.4 is 5.32 Å². The van der Waals surface area contributed by atoms with Crippen molar-refractivity contribution in [3.8, 4) is 0 Å². The highest BCUT2D eigenvalue weighted by molar-refractivity contribution is 5.63. The lowest BCUT2D eigenvalue weighted by atomic mass is 9.43. The Morgan fingerprint density at radius 3 is 2.57 bits per heavy atom. The van der Waals surface area contributed by atoms with Crippen LogP contribution in [0.5, 0.6) is 0 Å². The van der Waals surface area contributed by atoms with Gasteiger partial charge < -0.3 is 30.0 Å². The fraction of sp³-hybridized carbons (Fsp3) is 0.967. The Hall–Kier alpha value is -0.730. The van der Waals surface area contributed by atoms with E-state index in [1.807, 2.05) is 20.3 Å². The van der Waals surface area contributed by atoms with Crippen LogP contribution in [-0.2, 0) is 9.57 Å². The molecule has 0 aromatic carbocycles. The molecular weight excluding hydrogens is 466 g/mol. The van der Waals surface area contributed by atoms with Gasteiger partial charge in [-0.25, -0.2) is 0 Å². The molecule has 4 unspecified atom stereocenters. The van der Waals surface area contributed by atoms with Crippen molar-refractivity contribution in [1.29, 1.82) is 0 Å². The summed E-state index contributed by atoms with van der Waals surface area (Å²) < 4.78 is 6.19. The van der Waals surface area contributed by atoms with Gasteiger partial charge in [-0.3, -0.25) is 0 Å². The van der Waals surface area contributed by atoms with Crippen LogP contribution in [-0.4, -0.2) is 79.2 Å². The van der Waals surface area contributed by atoms with Crippen LogP contribution in [0.4, 0.5) is 0 Å². The first-order chi connectivity index (χ1) is 17.6. The van der Waals surface area contributed by atoms with Crippen molar-refractivity contribution < 1.29 is 19.8 Å². The Labute approximate surface area is 224 Å². The molecule has 7 heteroatoms. The van der Waals surface area contributed by atoms with Gasteiger partial charge in [0.1, 0.15) is 6.61 Å². The summed E-state index contributed by atoms with van der Waals surface area (Å²) in [4.78, 5) is 7.63. The topological polar surface area (TPSA) is 86.6 Å². The van der Waals surface area contributed by atoms with Gasteiger partial charge in [-0.15, -0.1) is 0 Å². The number of oxime groups is 1. The third kappa shape index (κ3) is 5.13. The van der Waals surface area contributed by atoms with Gasteiger partial charge >= 0.3 is 0 Å². The van der Waals surface area contributed by atoms with Crippen molar-refractivity contribution in [2.45, 2.75) is 108 Å². The van der Waals surface area contributed by atoms with Crippen LogP contribution in [0.2, 0.25) is 0 Å². The zero-order valence-electron chi connectivity index (χ0n) is 23.9. The van der Waals surface area contributed by atoms with Gasteiger partial charge in [-0.1, -0.05) is 19.0 Å². The minimum absolute atomic E-state index is 0.140. The first kappa shape index (κ1) is 27.8. The van der Waals surface area contributed by atoms with E-state index in [9.17, 15) is 10.2 Å². The number of ether oxygens (including phenoxy) is 1. The van der Waals surface area contributed by atoms with E-state index in [2.05, 4.69) is 29.2 Å². The van der Waals surface area contributed by atoms with Crippen LogP contribution in [0.3, 0.4) is 0 Å².